The lowest BCUT2D eigenvalue weighted by molar-refractivity contribution is -0.148. The summed E-state index contributed by atoms with van der Waals surface area (Å²) in [6.45, 7) is 1.40. The fraction of sp³-hybridized carbons (Fsp3) is 0.786. The summed E-state index contributed by atoms with van der Waals surface area (Å²) < 4.78 is 0. The summed E-state index contributed by atoms with van der Waals surface area (Å²) in [7, 11) is 5.04. The van der Waals surface area contributed by atoms with E-state index in [0.717, 1.165) is 12.8 Å². The quantitative estimate of drug-likeness (QED) is 0.721. The summed E-state index contributed by atoms with van der Waals surface area (Å²) in [5, 5.41) is 3.35. The van der Waals surface area contributed by atoms with Crippen LogP contribution < -0.4 is 5.32 Å². The molecule has 2 aliphatic heterocycles. The first-order valence-electron chi connectivity index (χ1n) is 7.43. The van der Waals surface area contributed by atoms with Crippen molar-refractivity contribution in [3.63, 3.8) is 0 Å². The van der Waals surface area contributed by atoms with Crippen molar-refractivity contribution < 1.29 is 14.4 Å². The molecule has 1 atom stereocenters. The predicted octanol–water partition coefficient (Wildman–Crippen LogP) is -0.131. The zero-order valence-electron chi connectivity index (χ0n) is 13.0. The molecule has 0 aromatic rings. The first kappa shape index (κ1) is 15.8. The van der Waals surface area contributed by atoms with Gasteiger partial charge >= 0.3 is 6.03 Å². The number of carbonyl (C=O) groups is 3. The molecule has 7 nitrogen and oxygen atoms in total. The van der Waals surface area contributed by atoms with Gasteiger partial charge in [-0.2, -0.15) is 0 Å². The smallest absolute Gasteiger partial charge is 0.319 e. The van der Waals surface area contributed by atoms with E-state index >= 15 is 0 Å². The van der Waals surface area contributed by atoms with Crippen molar-refractivity contribution in [1.82, 2.24) is 20.0 Å². The van der Waals surface area contributed by atoms with E-state index in [4.69, 9.17) is 0 Å². The fourth-order valence-electron chi connectivity index (χ4n) is 2.88. The van der Waals surface area contributed by atoms with E-state index in [1.54, 1.807) is 19.0 Å². The lowest BCUT2D eigenvalue weighted by Crippen LogP contribution is -2.56. The number of carbonyl (C=O) groups excluding carboxylic acids is 3. The lowest BCUT2D eigenvalue weighted by atomic mass is 9.99. The van der Waals surface area contributed by atoms with Gasteiger partial charge in [-0.05, 0) is 19.3 Å². The van der Waals surface area contributed by atoms with Crippen molar-refractivity contribution in [3.8, 4) is 0 Å². The summed E-state index contributed by atoms with van der Waals surface area (Å²) in [6, 6.07) is -0.00640. The number of nitrogens with one attached hydrogen (secondary N) is 1. The third-order valence-electron chi connectivity index (χ3n) is 4.23. The van der Waals surface area contributed by atoms with E-state index in [-0.39, 0.29) is 29.9 Å². The molecule has 2 heterocycles. The highest BCUT2D eigenvalue weighted by atomic mass is 16.2. The second-order valence-electron chi connectivity index (χ2n) is 5.99. The van der Waals surface area contributed by atoms with Crippen molar-refractivity contribution in [3.05, 3.63) is 0 Å². The van der Waals surface area contributed by atoms with Gasteiger partial charge in [-0.1, -0.05) is 0 Å². The van der Waals surface area contributed by atoms with Crippen LogP contribution in [0.5, 0.6) is 0 Å². The Morgan fingerprint density at radius 3 is 2.38 bits per heavy atom. The molecule has 21 heavy (non-hydrogen) atoms. The highest BCUT2D eigenvalue weighted by Crippen LogP contribution is 2.16. The lowest BCUT2D eigenvalue weighted by Gasteiger charge is -2.37. The van der Waals surface area contributed by atoms with Crippen LogP contribution in [-0.2, 0) is 9.59 Å². The van der Waals surface area contributed by atoms with Gasteiger partial charge in [0.1, 0.15) is 0 Å². The molecule has 118 valence electrons. The molecule has 4 amide bonds. The van der Waals surface area contributed by atoms with E-state index in [9.17, 15) is 14.4 Å². The maximum absolute atomic E-state index is 12.0. The first-order chi connectivity index (χ1) is 9.90. The second-order valence-corrected chi connectivity index (χ2v) is 5.99. The molecule has 0 bridgehead atoms. The van der Waals surface area contributed by atoms with Crippen molar-refractivity contribution in [1.29, 1.82) is 0 Å². The van der Waals surface area contributed by atoms with E-state index in [2.05, 4.69) is 5.32 Å². The summed E-state index contributed by atoms with van der Waals surface area (Å²) in [5.74, 6) is -0.248. The van der Waals surface area contributed by atoms with Crippen molar-refractivity contribution in [2.75, 3.05) is 34.2 Å². The Labute approximate surface area is 125 Å². The summed E-state index contributed by atoms with van der Waals surface area (Å²) in [4.78, 5) is 40.0. The van der Waals surface area contributed by atoms with E-state index < -0.39 is 0 Å². The molecule has 0 aromatic carbocycles. The third kappa shape index (κ3) is 3.53. The highest BCUT2D eigenvalue weighted by molar-refractivity contribution is 6.00. The summed E-state index contributed by atoms with van der Waals surface area (Å²) >= 11 is 0. The number of imide groups is 1. The van der Waals surface area contributed by atoms with Crippen LogP contribution in [0.15, 0.2) is 0 Å². The normalized spacial score (nSPS) is 24.4. The number of hydrogen-bond donors (Lipinski definition) is 1. The van der Waals surface area contributed by atoms with E-state index in [1.165, 1.54) is 11.9 Å². The Bertz CT molecular complexity index is 430. The number of urea groups is 1. The largest absolute Gasteiger partial charge is 0.331 e. The molecular formula is C14H24N4O3. The summed E-state index contributed by atoms with van der Waals surface area (Å²) in [5.41, 5.74) is 0. The van der Waals surface area contributed by atoms with Gasteiger partial charge in [0.25, 0.3) is 0 Å². The maximum atomic E-state index is 12.0. The van der Waals surface area contributed by atoms with Crippen LogP contribution in [0.3, 0.4) is 0 Å². The molecule has 2 rings (SSSR count). The minimum atomic E-state index is -0.270. The van der Waals surface area contributed by atoms with Crippen LogP contribution in [0.4, 0.5) is 4.79 Å². The topological polar surface area (TPSA) is 73.0 Å². The molecule has 1 N–H and O–H groups in total. The van der Waals surface area contributed by atoms with Crippen molar-refractivity contribution >= 4 is 17.8 Å². The number of rotatable bonds is 2. The standard InChI is InChI=1S/C14H24N4O3/c1-16(2)14(21)18-8-6-10(7-9-18)15-11-4-5-12(19)17(3)13(11)20/h10-11,15H,4-9H2,1-3H3. The molecule has 0 spiro atoms. The van der Waals surface area contributed by atoms with Gasteiger partial charge in [-0.25, -0.2) is 4.79 Å². The monoisotopic (exact) mass is 296 g/mol. The van der Waals surface area contributed by atoms with E-state index in [0.29, 0.717) is 25.9 Å². The van der Waals surface area contributed by atoms with Gasteiger partial charge in [-0.15, -0.1) is 0 Å². The van der Waals surface area contributed by atoms with Gasteiger partial charge in [-0.3, -0.25) is 14.5 Å². The van der Waals surface area contributed by atoms with Gasteiger partial charge in [0, 0.05) is 46.7 Å². The van der Waals surface area contributed by atoms with Gasteiger partial charge < -0.3 is 15.1 Å². The highest BCUT2D eigenvalue weighted by Gasteiger charge is 2.34. The van der Waals surface area contributed by atoms with Gasteiger partial charge in [0.15, 0.2) is 0 Å². The Morgan fingerprint density at radius 2 is 1.81 bits per heavy atom. The molecule has 2 fully saturated rings. The van der Waals surface area contributed by atoms with Crippen LogP contribution >= 0.6 is 0 Å². The Balaban J connectivity index is 1.82. The molecule has 0 aliphatic carbocycles. The van der Waals surface area contributed by atoms with Crippen LogP contribution in [-0.4, -0.2) is 78.9 Å². The van der Waals surface area contributed by atoms with E-state index in [1.807, 2.05) is 4.90 Å². The Morgan fingerprint density at radius 1 is 1.19 bits per heavy atom. The molecule has 2 saturated heterocycles. The minimum absolute atomic E-state index is 0.0347. The zero-order valence-corrected chi connectivity index (χ0v) is 13.0. The summed E-state index contributed by atoms with van der Waals surface area (Å²) in [6.07, 6.45) is 2.65. The fourth-order valence-corrected chi connectivity index (χ4v) is 2.88. The number of likely N-dealkylation sites (tertiary alicyclic amines) is 2. The predicted molar refractivity (Wildman–Crippen MR) is 77.6 cm³/mol. The number of piperidine rings is 2. The molecule has 2 aliphatic rings. The number of amides is 4. The number of hydrogen-bond acceptors (Lipinski definition) is 4. The van der Waals surface area contributed by atoms with Gasteiger partial charge in [0.2, 0.25) is 11.8 Å². The molecule has 0 aromatic heterocycles. The zero-order chi connectivity index (χ0) is 15.6. The molecule has 1 unspecified atom stereocenters. The molecule has 7 heteroatoms. The van der Waals surface area contributed by atoms with Crippen LogP contribution in [0.2, 0.25) is 0 Å². The molecule has 0 radical (unpaired) electrons. The minimum Gasteiger partial charge on any atom is -0.331 e. The molecular weight excluding hydrogens is 272 g/mol. The first-order valence-corrected chi connectivity index (χ1v) is 7.43. The van der Waals surface area contributed by atoms with Crippen LogP contribution in [0.25, 0.3) is 0 Å². The number of likely N-dealkylation sites (N-methyl/N-ethyl adjacent to an activating group) is 1. The van der Waals surface area contributed by atoms with Crippen LogP contribution in [0, 0.1) is 0 Å². The maximum Gasteiger partial charge on any atom is 0.319 e. The molecule has 0 saturated carbocycles. The SMILES string of the molecule is CN(C)C(=O)N1CCC(NC2CCC(=O)N(C)C2=O)CC1. The van der Waals surface area contributed by atoms with Crippen LogP contribution in [0.1, 0.15) is 25.7 Å². The van der Waals surface area contributed by atoms with Crippen molar-refractivity contribution in [2.45, 2.75) is 37.8 Å². The van der Waals surface area contributed by atoms with Gasteiger partial charge in [0.05, 0.1) is 6.04 Å². The number of nitrogens with zero attached hydrogens (tertiary/aromatic N) is 3. The average molecular weight is 296 g/mol. The average Bonchev–Trinajstić information content (AvgIpc) is 2.48. The second kappa shape index (κ2) is 6.43. The Hall–Kier alpha value is -1.63. The third-order valence-corrected chi connectivity index (χ3v) is 4.23. The Kier molecular flexibility index (Phi) is 4.82. The van der Waals surface area contributed by atoms with Crippen molar-refractivity contribution in [2.24, 2.45) is 0 Å².